The molecule has 7 nitrogen and oxygen atoms in total. The van der Waals surface area contributed by atoms with Crippen LogP contribution in [0.25, 0.3) is 0 Å². The summed E-state index contributed by atoms with van der Waals surface area (Å²) in [4.78, 5) is 41.8. The monoisotopic (exact) mass is 715 g/mol. The Hall–Kier alpha value is -3.21. The van der Waals surface area contributed by atoms with Gasteiger partial charge in [-0.15, -0.1) is 0 Å². The minimum atomic E-state index is -0.930. The lowest BCUT2D eigenvalue weighted by Crippen LogP contribution is -2.45. The van der Waals surface area contributed by atoms with Gasteiger partial charge in [-0.2, -0.15) is 0 Å². The van der Waals surface area contributed by atoms with Gasteiger partial charge in [0.25, 0.3) is 0 Å². The maximum absolute atomic E-state index is 14.4. The fraction of sp³-hybridized carbons (Fsp3) is 0.457. The van der Waals surface area contributed by atoms with Gasteiger partial charge < -0.3 is 19.5 Å². The molecule has 44 heavy (non-hydrogen) atoms. The summed E-state index contributed by atoms with van der Waals surface area (Å²) in [6.07, 6.45) is 1.73. The van der Waals surface area contributed by atoms with Crippen LogP contribution in [0.2, 0.25) is 0 Å². The molecule has 0 aromatic heterocycles. The van der Waals surface area contributed by atoms with Crippen LogP contribution in [0.3, 0.4) is 0 Å². The Morgan fingerprint density at radius 3 is 2.11 bits per heavy atom. The number of carboxylic acids is 1. The average Bonchev–Trinajstić information content (AvgIpc) is 2.90. The quantitative estimate of drug-likeness (QED) is 0.268. The van der Waals surface area contributed by atoms with Crippen molar-refractivity contribution in [2.24, 2.45) is 10.8 Å². The van der Waals surface area contributed by atoms with Gasteiger partial charge >= 0.3 is 5.97 Å². The van der Waals surface area contributed by atoms with Crippen molar-refractivity contribution in [3.8, 4) is 11.5 Å². The van der Waals surface area contributed by atoms with Crippen molar-refractivity contribution in [1.29, 1.82) is 0 Å². The number of hydrogen-bond acceptors (Lipinski definition) is 6. The molecule has 234 valence electrons. The van der Waals surface area contributed by atoms with Gasteiger partial charge in [-0.1, -0.05) is 45.9 Å². The number of carbonyl (C=O) groups is 3. The van der Waals surface area contributed by atoms with Crippen molar-refractivity contribution < 1.29 is 33.4 Å². The first-order valence-corrected chi connectivity index (χ1v) is 16.1. The summed E-state index contributed by atoms with van der Waals surface area (Å²) in [5, 5.41) is 9.60. The summed E-state index contributed by atoms with van der Waals surface area (Å²) < 4.78 is 27.2. The number of Topliss-reactive ketones (excluding diaryl/α,β-unsaturated/α-hetero) is 2. The molecule has 0 amide bonds. The highest BCUT2D eigenvalue weighted by Gasteiger charge is 2.49. The van der Waals surface area contributed by atoms with Crippen LogP contribution in [0, 0.1) is 20.2 Å². The second-order valence-corrected chi connectivity index (χ2v) is 14.6. The molecule has 3 aliphatic rings. The summed E-state index contributed by atoms with van der Waals surface area (Å²) in [5.41, 5.74) is 3.30. The number of aliphatic carboxylic acids is 1. The van der Waals surface area contributed by atoms with Crippen LogP contribution in [0.4, 0.5) is 4.39 Å². The minimum absolute atomic E-state index is 0.00972. The molecule has 1 aliphatic heterocycles. The van der Waals surface area contributed by atoms with E-state index in [1.807, 2.05) is 24.0 Å². The van der Waals surface area contributed by atoms with E-state index in [-0.39, 0.29) is 47.8 Å². The van der Waals surface area contributed by atoms with E-state index in [2.05, 4.69) is 50.3 Å². The second kappa shape index (κ2) is 12.3. The first kappa shape index (κ1) is 32.2. The zero-order chi connectivity index (χ0) is 32.0. The number of carbonyl (C=O) groups excluding carboxylic acids is 2. The zero-order valence-corrected chi connectivity index (χ0v) is 28.0. The first-order valence-electron chi connectivity index (χ1n) is 15.1. The summed E-state index contributed by atoms with van der Waals surface area (Å²) in [6.45, 7) is 10.6. The molecule has 2 aliphatic carbocycles. The van der Waals surface area contributed by atoms with Crippen LogP contribution in [-0.2, 0) is 21.0 Å². The van der Waals surface area contributed by atoms with Crippen LogP contribution in [0.15, 0.2) is 58.9 Å². The number of halogens is 2. The van der Waals surface area contributed by atoms with Crippen molar-refractivity contribution in [3.05, 3.63) is 79.5 Å². The summed E-state index contributed by atoms with van der Waals surface area (Å²) in [7, 11) is 0. The van der Waals surface area contributed by atoms with E-state index in [4.69, 9.17) is 9.47 Å². The second-order valence-electron chi connectivity index (χ2n) is 13.5. The maximum Gasteiger partial charge on any atom is 0.305 e. The van der Waals surface area contributed by atoms with Gasteiger partial charge in [0.05, 0.1) is 16.6 Å². The van der Waals surface area contributed by atoms with E-state index in [1.165, 1.54) is 6.07 Å². The van der Waals surface area contributed by atoms with E-state index in [0.717, 1.165) is 17.0 Å². The number of carboxylic acid groups (broad SMARTS) is 1. The predicted molar refractivity (Wildman–Crippen MR) is 173 cm³/mol. The van der Waals surface area contributed by atoms with Crippen LogP contribution >= 0.6 is 22.6 Å². The highest BCUT2D eigenvalue weighted by molar-refractivity contribution is 14.1. The molecule has 1 N–H and O–H groups in total. The molecule has 9 heteroatoms. The van der Waals surface area contributed by atoms with Crippen molar-refractivity contribution in [2.45, 2.75) is 79.2 Å². The van der Waals surface area contributed by atoms with E-state index < -0.39 is 11.9 Å². The Balaban J connectivity index is 1.68. The summed E-state index contributed by atoms with van der Waals surface area (Å²) >= 11 is 2.16. The molecule has 0 saturated heterocycles. The number of ketones is 2. The third kappa shape index (κ3) is 6.43. The van der Waals surface area contributed by atoms with Gasteiger partial charge in [-0.25, -0.2) is 4.39 Å². The molecule has 5 rings (SSSR count). The van der Waals surface area contributed by atoms with Crippen molar-refractivity contribution in [2.75, 3.05) is 13.2 Å². The number of nitrogens with zero attached hydrogens (tertiary/aromatic N) is 1. The molecule has 0 fully saturated rings. The fourth-order valence-electron chi connectivity index (χ4n) is 6.78. The Bertz CT molecular complexity index is 1540. The number of rotatable bonds is 9. The smallest absolute Gasteiger partial charge is 0.305 e. The lowest BCUT2D eigenvalue weighted by Gasteiger charge is -2.49. The highest BCUT2D eigenvalue weighted by Crippen LogP contribution is 2.55. The Labute approximate surface area is 271 Å². The van der Waals surface area contributed by atoms with Crippen LogP contribution in [0.1, 0.15) is 83.8 Å². The largest absolute Gasteiger partial charge is 0.490 e. The molecular weight excluding hydrogens is 676 g/mol. The van der Waals surface area contributed by atoms with Crippen molar-refractivity contribution in [1.82, 2.24) is 4.90 Å². The molecule has 2 aromatic carbocycles. The normalized spacial score (nSPS) is 19.6. The summed E-state index contributed by atoms with van der Waals surface area (Å²) in [5.74, 6) is -1.03. The van der Waals surface area contributed by atoms with Crippen LogP contribution < -0.4 is 9.47 Å². The van der Waals surface area contributed by atoms with Gasteiger partial charge in [0, 0.05) is 53.4 Å². The number of hydrogen-bond donors (Lipinski definition) is 1. The van der Waals surface area contributed by atoms with Gasteiger partial charge in [0.15, 0.2) is 23.1 Å². The van der Waals surface area contributed by atoms with Crippen molar-refractivity contribution in [3.63, 3.8) is 0 Å². The van der Waals surface area contributed by atoms with E-state index in [0.29, 0.717) is 64.1 Å². The Kier molecular flexibility index (Phi) is 8.99. The molecule has 0 atom stereocenters. The molecule has 2 aromatic rings. The SMILES string of the molecule is CCOc1cc(C2C3=C(CC(C)(C)CC3=O)N(CCC(=O)O)C3=C2C(=O)CC(C)(C)C3)cc(I)c1OCc1ccccc1F. The molecule has 0 unspecified atom stereocenters. The van der Waals surface area contributed by atoms with E-state index in [1.54, 1.807) is 18.2 Å². The predicted octanol–water partition coefficient (Wildman–Crippen LogP) is 7.57. The lowest BCUT2D eigenvalue weighted by atomic mass is 9.63. The third-order valence-electron chi connectivity index (χ3n) is 8.57. The highest BCUT2D eigenvalue weighted by atomic mass is 127. The lowest BCUT2D eigenvalue weighted by molar-refractivity contribution is -0.137. The molecule has 1 heterocycles. The molecule has 0 saturated carbocycles. The summed E-state index contributed by atoms with van der Waals surface area (Å²) in [6, 6.07) is 10.2. The standard InChI is InChI=1S/C35H39FINO6/c1-6-43-28-14-21(13-23(37)33(28)44-19-20-9-7-8-10-22(20)36)30-31-24(15-34(2,3)17-26(31)39)38(12-11-29(41)42)25-16-35(4,5)18-27(40)32(25)30/h7-10,13-14,30H,6,11-12,15-19H2,1-5H3,(H,41,42). The Morgan fingerprint density at radius 2 is 1.57 bits per heavy atom. The molecule has 0 spiro atoms. The third-order valence-corrected chi connectivity index (χ3v) is 9.37. The topological polar surface area (TPSA) is 93.1 Å². The first-order chi connectivity index (χ1) is 20.7. The van der Waals surface area contributed by atoms with Gasteiger partial charge in [-0.05, 0) is 76.9 Å². The molecular formula is C35H39FINO6. The maximum atomic E-state index is 14.4. The van der Waals surface area contributed by atoms with Gasteiger partial charge in [0.1, 0.15) is 12.4 Å². The number of benzene rings is 2. The minimum Gasteiger partial charge on any atom is -0.490 e. The van der Waals surface area contributed by atoms with E-state index in [9.17, 15) is 23.9 Å². The van der Waals surface area contributed by atoms with Crippen LogP contribution in [-0.4, -0.2) is 40.7 Å². The van der Waals surface area contributed by atoms with Gasteiger partial charge in [-0.3, -0.25) is 14.4 Å². The number of ether oxygens (including phenoxy) is 2. The van der Waals surface area contributed by atoms with E-state index >= 15 is 0 Å². The Morgan fingerprint density at radius 1 is 0.977 bits per heavy atom. The fourth-order valence-corrected chi connectivity index (χ4v) is 7.56. The van der Waals surface area contributed by atoms with Crippen molar-refractivity contribution >= 4 is 40.1 Å². The van der Waals surface area contributed by atoms with Crippen LogP contribution in [0.5, 0.6) is 11.5 Å². The van der Waals surface area contributed by atoms with Gasteiger partial charge in [0.2, 0.25) is 0 Å². The average molecular weight is 716 g/mol. The zero-order valence-electron chi connectivity index (χ0n) is 25.9. The number of allylic oxidation sites excluding steroid dienone is 4. The molecule has 0 radical (unpaired) electrons. The molecule has 0 bridgehead atoms.